The summed E-state index contributed by atoms with van der Waals surface area (Å²) in [6.07, 6.45) is 4.22. The average Bonchev–Trinajstić information content (AvgIpc) is 3.14. The van der Waals surface area contributed by atoms with Crippen LogP contribution in [0.15, 0.2) is 18.3 Å². The molecule has 1 aromatic heterocycles. The third-order valence-corrected chi connectivity index (χ3v) is 6.88. The molecule has 0 aliphatic carbocycles. The van der Waals surface area contributed by atoms with Crippen LogP contribution in [0, 0.1) is 0 Å². The van der Waals surface area contributed by atoms with Crippen LogP contribution < -0.4 is 10.2 Å². The Kier molecular flexibility index (Phi) is 8.80. The van der Waals surface area contributed by atoms with E-state index in [2.05, 4.69) is 15.2 Å². The third-order valence-electron chi connectivity index (χ3n) is 4.84. The molecule has 0 bridgehead atoms. The molecule has 2 fully saturated rings. The summed E-state index contributed by atoms with van der Waals surface area (Å²) in [5, 5.41) is 9.64. The summed E-state index contributed by atoms with van der Waals surface area (Å²) >= 11 is 0. The van der Waals surface area contributed by atoms with Gasteiger partial charge in [-0.15, -0.1) is 0 Å². The molecule has 0 spiro atoms. The van der Waals surface area contributed by atoms with E-state index in [1.165, 1.54) is 0 Å². The second-order valence-electron chi connectivity index (χ2n) is 6.72. The first-order valence-electron chi connectivity index (χ1n) is 9.76. The monoisotopic (exact) mass is 427 g/mol. The number of nitrogens with one attached hydrogen (secondary N) is 1. The number of aromatic nitrogens is 1. The molecule has 0 unspecified atom stereocenters. The van der Waals surface area contributed by atoms with Gasteiger partial charge >= 0.3 is 0 Å². The van der Waals surface area contributed by atoms with Crippen molar-refractivity contribution in [1.29, 1.82) is 0 Å². The minimum absolute atomic E-state index is 0.134. The summed E-state index contributed by atoms with van der Waals surface area (Å²) in [6, 6.07) is 3.59. The number of hydrogen-bond donors (Lipinski definition) is 2. The second-order valence-corrected chi connectivity index (χ2v) is 8.65. The van der Waals surface area contributed by atoms with E-state index in [-0.39, 0.29) is 12.4 Å². The van der Waals surface area contributed by atoms with Crippen LogP contribution in [0.1, 0.15) is 36.5 Å². The molecule has 2 saturated heterocycles. The number of amides is 1. The summed E-state index contributed by atoms with van der Waals surface area (Å²) < 4.78 is 28.7. The Bertz CT molecular complexity index is 765. The van der Waals surface area contributed by atoms with Crippen molar-refractivity contribution >= 4 is 28.4 Å². The molecule has 2 aliphatic heterocycles. The molecule has 11 heteroatoms. The standard InChI is InChI=1S/C17H27N5O3S.CH2O2/c1-2-18-17(23)15-6-7-16(19-14-15)20-8-5-11-22(13-12-20)26(24,25)21-9-3-4-10-21;2-1-3/h6-7,14H,2-5,8-13H2,1H3,(H,18,23);1H,(H,2,3). The minimum atomic E-state index is -3.35. The largest absolute Gasteiger partial charge is 0.483 e. The van der Waals surface area contributed by atoms with Gasteiger partial charge in [0.2, 0.25) is 0 Å². The molecule has 0 atom stereocenters. The molecule has 1 aromatic rings. The predicted octanol–water partition coefficient (Wildman–Crippen LogP) is 0.385. The van der Waals surface area contributed by atoms with Gasteiger partial charge in [-0.2, -0.15) is 17.0 Å². The lowest BCUT2D eigenvalue weighted by molar-refractivity contribution is -0.122. The Hall–Kier alpha value is -2.24. The van der Waals surface area contributed by atoms with Crippen molar-refractivity contribution in [2.24, 2.45) is 0 Å². The maximum absolute atomic E-state index is 12.7. The molecular formula is C18H29N5O5S. The molecule has 162 valence electrons. The van der Waals surface area contributed by atoms with E-state index < -0.39 is 10.2 Å². The SMILES string of the molecule is CCNC(=O)c1ccc(N2CCCN(S(=O)(=O)N3CCCC3)CC2)nc1.O=CO. The molecule has 3 rings (SSSR count). The molecule has 3 heterocycles. The lowest BCUT2D eigenvalue weighted by atomic mass is 10.2. The normalized spacial score (nSPS) is 18.4. The van der Waals surface area contributed by atoms with Crippen molar-refractivity contribution < 1.29 is 23.1 Å². The van der Waals surface area contributed by atoms with E-state index in [9.17, 15) is 13.2 Å². The molecule has 0 saturated carbocycles. The van der Waals surface area contributed by atoms with Crippen LogP contribution in [0.3, 0.4) is 0 Å². The molecule has 2 N–H and O–H groups in total. The molecule has 0 aromatic carbocycles. The van der Waals surface area contributed by atoms with Gasteiger partial charge < -0.3 is 15.3 Å². The van der Waals surface area contributed by atoms with Crippen molar-refractivity contribution in [3.8, 4) is 0 Å². The predicted molar refractivity (Wildman–Crippen MR) is 109 cm³/mol. The van der Waals surface area contributed by atoms with Crippen molar-refractivity contribution in [2.75, 3.05) is 50.7 Å². The fourth-order valence-corrected chi connectivity index (χ4v) is 5.12. The van der Waals surface area contributed by atoms with Gasteiger partial charge in [0.1, 0.15) is 5.82 Å². The van der Waals surface area contributed by atoms with Crippen molar-refractivity contribution in [3.05, 3.63) is 23.9 Å². The van der Waals surface area contributed by atoms with E-state index in [1.807, 2.05) is 13.0 Å². The van der Waals surface area contributed by atoms with Crippen LogP contribution in [-0.2, 0) is 15.0 Å². The quantitative estimate of drug-likeness (QED) is 0.652. The van der Waals surface area contributed by atoms with E-state index in [4.69, 9.17) is 9.90 Å². The van der Waals surface area contributed by atoms with E-state index in [0.29, 0.717) is 44.8 Å². The highest BCUT2D eigenvalue weighted by Gasteiger charge is 2.32. The van der Waals surface area contributed by atoms with Crippen LogP contribution in [0.2, 0.25) is 0 Å². The third kappa shape index (κ3) is 6.12. The number of hydrogen-bond acceptors (Lipinski definition) is 6. The van der Waals surface area contributed by atoms with Gasteiger partial charge in [-0.3, -0.25) is 9.59 Å². The van der Waals surface area contributed by atoms with E-state index in [0.717, 1.165) is 31.6 Å². The van der Waals surface area contributed by atoms with Gasteiger partial charge in [0.15, 0.2) is 0 Å². The van der Waals surface area contributed by atoms with Crippen LogP contribution in [0.25, 0.3) is 0 Å². The summed E-state index contributed by atoms with van der Waals surface area (Å²) in [7, 11) is -3.35. The Balaban J connectivity index is 0.000000941. The maximum atomic E-state index is 12.7. The van der Waals surface area contributed by atoms with Crippen molar-refractivity contribution in [2.45, 2.75) is 26.2 Å². The average molecular weight is 428 g/mol. The van der Waals surface area contributed by atoms with Crippen molar-refractivity contribution in [1.82, 2.24) is 18.9 Å². The highest BCUT2D eigenvalue weighted by molar-refractivity contribution is 7.86. The van der Waals surface area contributed by atoms with Gasteiger partial charge in [-0.25, -0.2) is 4.98 Å². The summed E-state index contributed by atoms with van der Waals surface area (Å²) in [6.45, 7) is 5.80. The first-order chi connectivity index (χ1) is 13.9. The number of pyridine rings is 1. The number of carboxylic acid groups (broad SMARTS) is 1. The minimum Gasteiger partial charge on any atom is -0.483 e. The zero-order chi connectivity index (χ0) is 21.3. The smallest absolute Gasteiger partial charge is 0.290 e. The van der Waals surface area contributed by atoms with Crippen LogP contribution >= 0.6 is 0 Å². The van der Waals surface area contributed by atoms with Gasteiger partial charge in [0.05, 0.1) is 5.56 Å². The zero-order valence-corrected chi connectivity index (χ0v) is 17.5. The number of carbonyl (C=O) groups is 2. The Labute approximate surface area is 171 Å². The highest BCUT2D eigenvalue weighted by Crippen LogP contribution is 2.20. The Morgan fingerprint density at radius 3 is 2.31 bits per heavy atom. The molecule has 2 aliphatic rings. The molecule has 29 heavy (non-hydrogen) atoms. The van der Waals surface area contributed by atoms with Crippen molar-refractivity contribution in [3.63, 3.8) is 0 Å². The second kappa shape index (κ2) is 11.1. The number of rotatable bonds is 5. The summed E-state index contributed by atoms with van der Waals surface area (Å²) in [5.41, 5.74) is 0.531. The maximum Gasteiger partial charge on any atom is 0.290 e. The fourth-order valence-electron chi connectivity index (χ4n) is 3.41. The Morgan fingerprint density at radius 2 is 1.72 bits per heavy atom. The lowest BCUT2D eigenvalue weighted by Crippen LogP contribution is -2.44. The van der Waals surface area contributed by atoms with Gasteiger partial charge in [-0.05, 0) is 38.3 Å². The first-order valence-corrected chi connectivity index (χ1v) is 11.2. The van der Waals surface area contributed by atoms with Crippen LogP contribution in [0.5, 0.6) is 0 Å². The summed E-state index contributed by atoms with van der Waals surface area (Å²) in [5.74, 6) is 0.642. The van der Waals surface area contributed by atoms with E-state index >= 15 is 0 Å². The number of anilines is 1. The summed E-state index contributed by atoms with van der Waals surface area (Å²) in [4.78, 5) is 26.7. The Morgan fingerprint density at radius 1 is 1.10 bits per heavy atom. The van der Waals surface area contributed by atoms with Gasteiger partial charge in [-0.1, -0.05) is 0 Å². The number of carbonyl (C=O) groups excluding carboxylic acids is 1. The molecule has 10 nitrogen and oxygen atoms in total. The topological polar surface area (TPSA) is 123 Å². The first kappa shape index (κ1) is 23.0. The zero-order valence-electron chi connectivity index (χ0n) is 16.7. The molecule has 1 amide bonds. The number of nitrogens with zero attached hydrogens (tertiary/aromatic N) is 4. The van der Waals surface area contributed by atoms with Crippen LogP contribution in [-0.4, -0.2) is 85.3 Å². The lowest BCUT2D eigenvalue weighted by Gasteiger charge is -2.26. The van der Waals surface area contributed by atoms with E-state index in [1.54, 1.807) is 20.9 Å². The molecular weight excluding hydrogens is 398 g/mol. The highest BCUT2D eigenvalue weighted by atomic mass is 32.2. The molecule has 0 radical (unpaired) electrons. The van der Waals surface area contributed by atoms with Crippen LogP contribution in [0.4, 0.5) is 5.82 Å². The van der Waals surface area contributed by atoms with Gasteiger partial charge in [0.25, 0.3) is 22.6 Å². The fraction of sp³-hybridized carbons (Fsp3) is 0.611. The van der Waals surface area contributed by atoms with Gasteiger partial charge in [0, 0.05) is 52.0 Å².